The molecule has 0 radical (unpaired) electrons. The fourth-order valence-electron chi connectivity index (χ4n) is 5.50. The molecule has 1 spiro atoms. The van der Waals surface area contributed by atoms with Gasteiger partial charge in [-0.3, -0.25) is 0 Å². The summed E-state index contributed by atoms with van der Waals surface area (Å²) < 4.78 is 15.3. The molecule has 2 saturated heterocycles. The molecule has 38 heavy (non-hydrogen) atoms. The molecule has 2 aliphatic rings. The maximum atomic E-state index is 13.5. The number of nitrogens with one attached hydrogen (secondary N) is 1. The number of carbonyl (C=O) groups excluding carboxylic acids is 1. The van der Waals surface area contributed by atoms with Crippen LogP contribution in [0.15, 0.2) is 24.3 Å². The summed E-state index contributed by atoms with van der Waals surface area (Å²) in [6.07, 6.45) is 1.66. The van der Waals surface area contributed by atoms with Gasteiger partial charge in [0, 0.05) is 43.6 Å². The first-order valence-electron chi connectivity index (χ1n) is 12.4. The van der Waals surface area contributed by atoms with E-state index in [2.05, 4.69) is 11.4 Å². The van der Waals surface area contributed by atoms with Gasteiger partial charge in [-0.25, -0.2) is 19.2 Å². The van der Waals surface area contributed by atoms with Crippen molar-refractivity contribution in [2.75, 3.05) is 38.1 Å². The molecule has 5 heterocycles. The summed E-state index contributed by atoms with van der Waals surface area (Å²) >= 11 is 2.85. The second-order valence-corrected chi connectivity index (χ2v) is 11.8. The van der Waals surface area contributed by atoms with Gasteiger partial charge < -0.3 is 20.9 Å². The van der Waals surface area contributed by atoms with E-state index in [-0.39, 0.29) is 23.2 Å². The number of amides is 2. The average molecular weight is 552 g/mol. The highest BCUT2D eigenvalue weighted by molar-refractivity contribution is 7.17. The van der Waals surface area contributed by atoms with E-state index in [0.717, 1.165) is 41.0 Å². The van der Waals surface area contributed by atoms with Gasteiger partial charge in [0.25, 0.3) is 0 Å². The van der Waals surface area contributed by atoms with Gasteiger partial charge in [0.15, 0.2) is 10.9 Å². The molecule has 2 fully saturated rings. The van der Waals surface area contributed by atoms with Crippen LogP contribution in [0.25, 0.3) is 16.2 Å². The van der Waals surface area contributed by atoms with Gasteiger partial charge in [0.05, 0.1) is 5.69 Å². The van der Waals surface area contributed by atoms with Crippen LogP contribution in [-0.2, 0) is 6.42 Å². The molecule has 2 aliphatic heterocycles. The first-order valence-corrected chi connectivity index (χ1v) is 14.0. The minimum Gasteiger partial charge on any atom is -0.351 e. The van der Waals surface area contributed by atoms with Crippen molar-refractivity contribution < 1.29 is 9.18 Å². The molecule has 1 aromatic carbocycles. The number of fused-ring (bicyclic) bond motifs is 1. The topological polar surface area (TPSA) is 128 Å². The Kier molecular flexibility index (Phi) is 6.05. The SMILES string of the molecule is CCc1nc2sc(C3CNCCC34CN(C(N)=O)C4)nn2c1N(C)c1nc(-c2ccc(F)cc2)c(C#N)s1. The fraction of sp³-hybridized carbons (Fsp3) is 0.400. The Morgan fingerprint density at radius 2 is 2.08 bits per heavy atom. The van der Waals surface area contributed by atoms with Crippen molar-refractivity contribution in [2.45, 2.75) is 25.7 Å². The third-order valence-electron chi connectivity index (χ3n) is 7.55. The summed E-state index contributed by atoms with van der Waals surface area (Å²) in [6, 6.07) is 7.84. The van der Waals surface area contributed by atoms with Gasteiger partial charge in [0.2, 0.25) is 4.96 Å². The molecule has 0 saturated carbocycles. The van der Waals surface area contributed by atoms with Crippen molar-refractivity contribution in [1.82, 2.24) is 29.8 Å². The largest absolute Gasteiger partial charge is 0.351 e. The standard InChI is InChI=1S/C25H26FN9OS2/c1-3-17-21(33(2)23-31-19(18(10-27)37-23)14-4-6-15(26)7-5-14)35-24(30-17)38-20(32-35)16-11-29-9-8-25(16)12-34(13-25)22(28)36/h4-7,16,29H,3,8-9,11-13H2,1-2H3,(H2,28,36). The lowest BCUT2D eigenvalue weighted by Crippen LogP contribution is -2.65. The molecule has 0 bridgehead atoms. The highest BCUT2D eigenvalue weighted by Crippen LogP contribution is 2.49. The number of nitrogens with zero attached hydrogens (tertiary/aromatic N) is 7. The molecule has 4 aromatic rings. The number of carbonyl (C=O) groups is 1. The summed E-state index contributed by atoms with van der Waals surface area (Å²) in [4.78, 5) is 26.2. The summed E-state index contributed by atoms with van der Waals surface area (Å²) in [5.41, 5.74) is 7.58. The van der Waals surface area contributed by atoms with Crippen LogP contribution < -0.4 is 16.0 Å². The predicted octanol–water partition coefficient (Wildman–Crippen LogP) is 3.71. The number of urea groups is 1. The normalized spacial score (nSPS) is 18.5. The number of nitriles is 1. The maximum absolute atomic E-state index is 13.5. The number of rotatable bonds is 5. The summed E-state index contributed by atoms with van der Waals surface area (Å²) in [5.74, 6) is 0.614. The number of anilines is 2. The van der Waals surface area contributed by atoms with Crippen molar-refractivity contribution in [3.05, 3.63) is 45.7 Å². The van der Waals surface area contributed by atoms with Crippen molar-refractivity contribution in [3.63, 3.8) is 0 Å². The van der Waals surface area contributed by atoms with Gasteiger partial charge in [-0.15, -0.1) is 0 Å². The van der Waals surface area contributed by atoms with Crippen LogP contribution in [-0.4, -0.2) is 63.7 Å². The molecule has 1 unspecified atom stereocenters. The highest BCUT2D eigenvalue weighted by Gasteiger charge is 2.52. The molecule has 13 heteroatoms. The number of nitrogens with two attached hydrogens (primary N) is 1. The number of piperidine rings is 1. The van der Waals surface area contributed by atoms with E-state index in [1.54, 1.807) is 28.4 Å². The van der Waals surface area contributed by atoms with Gasteiger partial charge in [-0.1, -0.05) is 29.6 Å². The summed E-state index contributed by atoms with van der Waals surface area (Å²) in [6.45, 7) is 5.02. The molecule has 3 aromatic heterocycles. The highest BCUT2D eigenvalue weighted by atomic mass is 32.1. The quantitative estimate of drug-likeness (QED) is 0.387. The lowest BCUT2D eigenvalue weighted by atomic mass is 9.65. The Morgan fingerprint density at radius 3 is 2.76 bits per heavy atom. The number of aryl methyl sites for hydroxylation is 1. The van der Waals surface area contributed by atoms with E-state index in [4.69, 9.17) is 20.8 Å². The monoisotopic (exact) mass is 551 g/mol. The van der Waals surface area contributed by atoms with E-state index >= 15 is 0 Å². The molecule has 0 aliphatic carbocycles. The van der Waals surface area contributed by atoms with Crippen molar-refractivity contribution in [2.24, 2.45) is 11.1 Å². The molecular formula is C25H26FN9OS2. The van der Waals surface area contributed by atoms with Crippen molar-refractivity contribution in [1.29, 1.82) is 5.26 Å². The Morgan fingerprint density at radius 1 is 1.32 bits per heavy atom. The van der Waals surface area contributed by atoms with E-state index in [9.17, 15) is 14.4 Å². The third-order valence-corrected chi connectivity index (χ3v) is 9.61. The van der Waals surface area contributed by atoms with E-state index < -0.39 is 0 Å². The fourth-order valence-corrected chi connectivity index (χ4v) is 7.51. The zero-order valence-corrected chi connectivity index (χ0v) is 22.6. The lowest BCUT2D eigenvalue weighted by molar-refractivity contribution is -0.00944. The average Bonchev–Trinajstić information content (AvgIpc) is 3.59. The minimum atomic E-state index is -0.376. The molecular weight excluding hydrogens is 525 g/mol. The Hall–Kier alpha value is -3.60. The smallest absolute Gasteiger partial charge is 0.314 e. The molecule has 3 N–H and O–H groups in total. The zero-order chi connectivity index (χ0) is 26.6. The van der Waals surface area contributed by atoms with E-state index in [1.165, 1.54) is 23.5 Å². The van der Waals surface area contributed by atoms with Crippen molar-refractivity contribution in [3.8, 4) is 17.3 Å². The minimum absolute atomic E-state index is 0.0309. The van der Waals surface area contributed by atoms with E-state index in [1.807, 2.05) is 23.4 Å². The number of primary amides is 1. The van der Waals surface area contributed by atoms with Gasteiger partial charge in [-0.2, -0.15) is 14.9 Å². The predicted molar refractivity (Wildman–Crippen MR) is 144 cm³/mol. The van der Waals surface area contributed by atoms with Gasteiger partial charge in [-0.05, 0) is 43.7 Å². The number of hydrogen-bond donors (Lipinski definition) is 2. The number of hydrogen-bond acceptors (Lipinski definition) is 9. The molecule has 6 rings (SSSR count). The number of benzene rings is 1. The molecule has 2 amide bonds. The van der Waals surface area contributed by atoms with Crippen molar-refractivity contribution >= 4 is 44.6 Å². The number of imidazole rings is 1. The Bertz CT molecular complexity index is 1560. The molecule has 10 nitrogen and oxygen atoms in total. The van der Waals surface area contributed by atoms with Crippen LogP contribution in [0.3, 0.4) is 0 Å². The van der Waals surface area contributed by atoms with Crippen LogP contribution in [0, 0.1) is 22.6 Å². The number of likely N-dealkylation sites (tertiary alicyclic amines) is 1. The van der Waals surface area contributed by atoms with Crippen LogP contribution in [0.2, 0.25) is 0 Å². The van der Waals surface area contributed by atoms with E-state index in [0.29, 0.717) is 40.8 Å². The van der Waals surface area contributed by atoms with Crippen LogP contribution in [0.4, 0.5) is 20.1 Å². The summed E-state index contributed by atoms with van der Waals surface area (Å²) in [5, 5.41) is 19.9. The van der Waals surface area contributed by atoms with Gasteiger partial charge >= 0.3 is 6.03 Å². The zero-order valence-electron chi connectivity index (χ0n) is 20.9. The first-order chi connectivity index (χ1) is 18.3. The first kappa shape index (κ1) is 24.7. The van der Waals surface area contributed by atoms with Gasteiger partial charge in [0.1, 0.15) is 27.5 Å². The Balaban J connectivity index is 1.37. The number of halogens is 1. The maximum Gasteiger partial charge on any atom is 0.314 e. The lowest BCUT2D eigenvalue weighted by Gasteiger charge is -2.55. The van der Waals surface area contributed by atoms with Crippen LogP contribution >= 0.6 is 22.7 Å². The second-order valence-electron chi connectivity index (χ2n) is 9.79. The Labute approximate surface area is 226 Å². The number of aromatic nitrogens is 4. The molecule has 1 atom stereocenters. The molecule has 196 valence electrons. The second kappa shape index (κ2) is 9.30. The van der Waals surface area contributed by atoms with Crippen LogP contribution in [0.5, 0.6) is 0 Å². The summed E-state index contributed by atoms with van der Waals surface area (Å²) in [7, 11) is 1.90. The van der Waals surface area contributed by atoms with Crippen LogP contribution in [0.1, 0.15) is 34.8 Å². The third kappa shape index (κ3) is 3.91. The number of thiazole rings is 1.